The van der Waals surface area contributed by atoms with E-state index in [0.717, 1.165) is 4.90 Å². The van der Waals surface area contributed by atoms with Crippen molar-refractivity contribution in [2.75, 3.05) is 13.7 Å². The lowest BCUT2D eigenvalue weighted by atomic mass is 10.2. The van der Waals surface area contributed by atoms with Gasteiger partial charge in [-0.2, -0.15) is 0 Å². The Bertz CT molecular complexity index is 528. The van der Waals surface area contributed by atoms with Crippen molar-refractivity contribution in [1.29, 1.82) is 0 Å². The highest BCUT2D eigenvalue weighted by molar-refractivity contribution is 6.74. The van der Waals surface area contributed by atoms with Crippen molar-refractivity contribution in [2.24, 2.45) is 0 Å². The van der Waals surface area contributed by atoms with Crippen LogP contribution in [0, 0.1) is 0 Å². The fourth-order valence-corrected chi connectivity index (χ4v) is 2.96. The van der Waals surface area contributed by atoms with E-state index in [1.807, 2.05) is 0 Å². The molecule has 0 aromatic carbocycles. The topological polar surface area (TPSA) is 65.1 Å². The summed E-state index contributed by atoms with van der Waals surface area (Å²) < 4.78 is 16.8. The maximum absolute atomic E-state index is 12.4. The van der Waals surface area contributed by atoms with Gasteiger partial charge in [0.15, 0.2) is 8.32 Å². The van der Waals surface area contributed by atoms with Gasteiger partial charge in [-0.3, -0.25) is 4.79 Å². The first-order valence-electron chi connectivity index (χ1n) is 8.15. The molecule has 0 saturated carbocycles. The van der Waals surface area contributed by atoms with Gasteiger partial charge in [-0.05, 0) is 38.9 Å². The van der Waals surface area contributed by atoms with Gasteiger partial charge in [0, 0.05) is 6.08 Å². The highest BCUT2D eigenvalue weighted by Crippen LogP contribution is 2.37. The molecule has 0 unspecified atom stereocenters. The van der Waals surface area contributed by atoms with Crippen LogP contribution < -0.4 is 0 Å². The van der Waals surface area contributed by atoms with Gasteiger partial charge in [-0.1, -0.05) is 20.8 Å². The molecule has 7 heteroatoms. The minimum Gasteiger partial charge on any atom is -0.499 e. The standard InChI is InChI=1S/C17H31NO5Si/c1-16(2,3)23-15(20)18-12(13(21-7)10-14(18)19)11-22-24(8,9)17(4,5)6/h10,12H,11H2,1-9H3/t12-/m1/s1. The molecule has 0 saturated heterocycles. The van der Waals surface area contributed by atoms with Crippen LogP contribution >= 0.6 is 0 Å². The van der Waals surface area contributed by atoms with E-state index in [2.05, 4.69) is 33.9 Å². The molecule has 1 heterocycles. The maximum Gasteiger partial charge on any atom is 0.418 e. The minimum absolute atomic E-state index is 0.0311. The molecule has 1 atom stereocenters. The van der Waals surface area contributed by atoms with Crippen molar-refractivity contribution in [1.82, 2.24) is 4.90 Å². The molecule has 1 aliphatic rings. The molecule has 0 aliphatic carbocycles. The van der Waals surface area contributed by atoms with Crippen molar-refractivity contribution < 1.29 is 23.5 Å². The number of hydrogen-bond donors (Lipinski definition) is 0. The summed E-state index contributed by atoms with van der Waals surface area (Å²) in [5.74, 6) is -0.0190. The molecule has 2 amide bonds. The molecule has 0 fully saturated rings. The van der Waals surface area contributed by atoms with Crippen molar-refractivity contribution in [2.45, 2.75) is 71.3 Å². The summed E-state index contributed by atoms with van der Waals surface area (Å²) in [5.41, 5.74) is -0.683. The zero-order valence-electron chi connectivity index (χ0n) is 16.4. The Labute approximate surface area is 146 Å². The Hall–Kier alpha value is -1.34. The molecule has 1 rings (SSSR count). The fourth-order valence-electron chi connectivity index (χ4n) is 1.95. The van der Waals surface area contributed by atoms with Crippen molar-refractivity contribution in [3.63, 3.8) is 0 Å². The number of hydrogen-bond acceptors (Lipinski definition) is 5. The Balaban J connectivity index is 2.96. The predicted octanol–water partition coefficient (Wildman–Crippen LogP) is 3.68. The van der Waals surface area contributed by atoms with Gasteiger partial charge in [0.2, 0.25) is 0 Å². The number of rotatable bonds is 4. The molecule has 0 aromatic rings. The molecule has 6 nitrogen and oxygen atoms in total. The van der Waals surface area contributed by atoms with Crippen LogP contribution in [0.3, 0.4) is 0 Å². The second-order valence-electron chi connectivity index (χ2n) is 8.53. The van der Waals surface area contributed by atoms with E-state index in [-0.39, 0.29) is 11.6 Å². The third-order valence-electron chi connectivity index (χ3n) is 4.38. The van der Waals surface area contributed by atoms with Crippen molar-refractivity contribution in [3.8, 4) is 0 Å². The minimum atomic E-state index is -2.02. The smallest absolute Gasteiger partial charge is 0.418 e. The Morgan fingerprint density at radius 3 is 2.17 bits per heavy atom. The molecule has 1 aliphatic heterocycles. The van der Waals surface area contributed by atoms with Crippen LogP contribution in [-0.4, -0.2) is 50.6 Å². The van der Waals surface area contributed by atoms with Crippen LogP contribution in [0.4, 0.5) is 4.79 Å². The van der Waals surface area contributed by atoms with E-state index in [4.69, 9.17) is 13.9 Å². The molecule has 24 heavy (non-hydrogen) atoms. The second-order valence-corrected chi connectivity index (χ2v) is 13.3. The molecule has 0 N–H and O–H groups in total. The monoisotopic (exact) mass is 357 g/mol. The average molecular weight is 358 g/mol. The van der Waals surface area contributed by atoms with E-state index in [0.29, 0.717) is 5.76 Å². The Morgan fingerprint density at radius 1 is 1.21 bits per heavy atom. The van der Waals surface area contributed by atoms with E-state index in [1.165, 1.54) is 13.2 Å². The highest BCUT2D eigenvalue weighted by Gasteiger charge is 2.44. The summed E-state index contributed by atoms with van der Waals surface area (Å²) in [4.78, 5) is 25.7. The van der Waals surface area contributed by atoms with Crippen LogP contribution in [0.5, 0.6) is 0 Å². The molecule has 138 valence electrons. The van der Waals surface area contributed by atoms with Gasteiger partial charge >= 0.3 is 6.09 Å². The third-order valence-corrected chi connectivity index (χ3v) is 8.88. The normalized spacial score (nSPS) is 19.4. The zero-order chi connectivity index (χ0) is 18.9. The van der Waals surface area contributed by atoms with E-state index in [9.17, 15) is 9.59 Å². The van der Waals surface area contributed by atoms with Crippen LogP contribution in [0.2, 0.25) is 18.1 Å². The van der Waals surface area contributed by atoms with Gasteiger partial charge in [-0.15, -0.1) is 0 Å². The first kappa shape index (κ1) is 20.7. The maximum atomic E-state index is 12.4. The number of amides is 2. The van der Waals surface area contributed by atoms with Gasteiger partial charge in [0.25, 0.3) is 5.91 Å². The van der Waals surface area contributed by atoms with Crippen LogP contribution in [0.15, 0.2) is 11.8 Å². The SMILES string of the molecule is COC1=CC(=O)N(C(=O)OC(C)(C)C)[C@@H]1CO[Si](C)(C)C(C)(C)C. The number of carbonyl (C=O) groups is 2. The fraction of sp³-hybridized carbons (Fsp3) is 0.765. The summed E-state index contributed by atoms with van der Waals surface area (Å²) in [6, 6.07) is -0.591. The summed E-state index contributed by atoms with van der Waals surface area (Å²) in [7, 11) is -0.538. The van der Waals surface area contributed by atoms with E-state index >= 15 is 0 Å². The zero-order valence-corrected chi connectivity index (χ0v) is 17.4. The second kappa shape index (κ2) is 6.88. The molecule has 0 spiro atoms. The molecule has 0 radical (unpaired) electrons. The molecular weight excluding hydrogens is 326 g/mol. The average Bonchev–Trinajstić information content (AvgIpc) is 2.69. The van der Waals surface area contributed by atoms with Gasteiger partial charge < -0.3 is 13.9 Å². The predicted molar refractivity (Wildman–Crippen MR) is 95.1 cm³/mol. The lowest BCUT2D eigenvalue weighted by Crippen LogP contribution is -2.49. The Kier molecular flexibility index (Phi) is 5.93. The quantitative estimate of drug-likeness (QED) is 0.718. The number of carbonyl (C=O) groups excluding carboxylic acids is 2. The van der Waals surface area contributed by atoms with Gasteiger partial charge in [0.05, 0.1) is 13.7 Å². The molecule has 0 aromatic heterocycles. The number of nitrogens with zero attached hydrogens (tertiary/aromatic N) is 1. The first-order chi connectivity index (χ1) is 10.7. The third kappa shape index (κ3) is 4.83. The molecule has 0 bridgehead atoms. The summed E-state index contributed by atoms with van der Waals surface area (Å²) in [6.07, 6.45) is 0.642. The lowest BCUT2D eigenvalue weighted by molar-refractivity contribution is -0.125. The number of methoxy groups -OCH3 is 1. The van der Waals surface area contributed by atoms with Gasteiger partial charge in [-0.25, -0.2) is 9.69 Å². The number of imide groups is 1. The molecular formula is C17H31NO5Si. The van der Waals surface area contributed by atoms with Crippen molar-refractivity contribution >= 4 is 20.3 Å². The van der Waals surface area contributed by atoms with Crippen LogP contribution in [0.25, 0.3) is 0 Å². The van der Waals surface area contributed by atoms with Gasteiger partial charge in [0.1, 0.15) is 17.4 Å². The van der Waals surface area contributed by atoms with Crippen LogP contribution in [-0.2, 0) is 18.7 Å². The van der Waals surface area contributed by atoms with E-state index < -0.39 is 32.0 Å². The largest absolute Gasteiger partial charge is 0.499 e. The summed E-state index contributed by atoms with van der Waals surface area (Å²) in [5, 5.41) is 0.0311. The summed E-state index contributed by atoms with van der Waals surface area (Å²) in [6.45, 7) is 16.1. The Morgan fingerprint density at radius 2 is 1.75 bits per heavy atom. The van der Waals surface area contributed by atoms with Crippen LogP contribution in [0.1, 0.15) is 41.5 Å². The number of ether oxygens (including phenoxy) is 2. The first-order valence-corrected chi connectivity index (χ1v) is 11.1. The van der Waals surface area contributed by atoms with E-state index in [1.54, 1.807) is 20.8 Å². The lowest BCUT2D eigenvalue weighted by Gasteiger charge is -2.38. The van der Waals surface area contributed by atoms with Crippen molar-refractivity contribution in [3.05, 3.63) is 11.8 Å². The summed E-state index contributed by atoms with van der Waals surface area (Å²) >= 11 is 0. The highest BCUT2D eigenvalue weighted by atomic mass is 28.4.